The second-order valence-electron chi connectivity index (χ2n) is 7.81. The molecule has 6 nitrogen and oxygen atoms in total. The minimum atomic E-state index is -0.305. The van der Waals surface area contributed by atoms with E-state index in [9.17, 15) is 4.79 Å². The minimum Gasteiger partial charge on any atom is -0.490 e. The van der Waals surface area contributed by atoms with E-state index in [1.54, 1.807) is 42.6 Å². The Morgan fingerprint density at radius 3 is 2.67 bits per heavy atom. The normalized spacial score (nSPS) is 11.8. The van der Waals surface area contributed by atoms with Crippen LogP contribution in [0.25, 0.3) is 33.5 Å². The SMILES string of the molecule is CC(C)Oc1ccc(Cl)cc1C=Nn1c(-c2cc3ccccc3o2)nc2ccccc2c1=O. The third-order valence-electron chi connectivity index (χ3n) is 5.05. The van der Waals surface area contributed by atoms with E-state index in [2.05, 4.69) is 5.10 Å². The number of nitrogens with zero attached hydrogens (tertiary/aromatic N) is 3. The van der Waals surface area contributed by atoms with Crippen molar-refractivity contribution in [2.75, 3.05) is 0 Å². The third kappa shape index (κ3) is 4.13. The number of aromatic nitrogens is 2. The van der Waals surface area contributed by atoms with Crippen LogP contribution in [0.4, 0.5) is 0 Å². The van der Waals surface area contributed by atoms with Gasteiger partial charge in [0.15, 0.2) is 5.76 Å². The lowest BCUT2D eigenvalue weighted by atomic mass is 10.2. The van der Waals surface area contributed by atoms with E-state index >= 15 is 0 Å². The van der Waals surface area contributed by atoms with Gasteiger partial charge in [-0.3, -0.25) is 4.79 Å². The molecule has 0 atom stereocenters. The van der Waals surface area contributed by atoms with E-state index in [4.69, 9.17) is 25.7 Å². The summed E-state index contributed by atoms with van der Waals surface area (Å²) < 4.78 is 13.1. The van der Waals surface area contributed by atoms with E-state index in [0.717, 1.165) is 5.39 Å². The Labute approximate surface area is 194 Å². The van der Waals surface area contributed by atoms with Crippen LogP contribution >= 0.6 is 11.6 Å². The molecular weight excluding hydrogens is 438 g/mol. The second kappa shape index (κ2) is 8.56. The summed E-state index contributed by atoms with van der Waals surface area (Å²) in [6, 6.07) is 21.9. The van der Waals surface area contributed by atoms with Gasteiger partial charge >= 0.3 is 0 Å². The molecule has 0 aliphatic heterocycles. The average molecular weight is 458 g/mol. The lowest BCUT2D eigenvalue weighted by Gasteiger charge is -2.12. The zero-order chi connectivity index (χ0) is 22.9. The molecular formula is C26H20ClN3O3. The first kappa shape index (κ1) is 21.0. The van der Waals surface area contributed by atoms with Gasteiger partial charge in [-0.25, -0.2) is 4.98 Å². The van der Waals surface area contributed by atoms with E-state index in [1.165, 1.54) is 4.68 Å². The zero-order valence-corrected chi connectivity index (χ0v) is 18.8. The maximum absolute atomic E-state index is 13.4. The summed E-state index contributed by atoms with van der Waals surface area (Å²) in [4.78, 5) is 18.1. The van der Waals surface area contributed by atoms with Crippen molar-refractivity contribution in [3.8, 4) is 17.3 Å². The van der Waals surface area contributed by atoms with Crippen molar-refractivity contribution in [2.45, 2.75) is 20.0 Å². The summed E-state index contributed by atoms with van der Waals surface area (Å²) in [7, 11) is 0. The smallest absolute Gasteiger partial charge is 0.282 e. The van der Waals surface area contributed by atoms with Crippen LogP contribution in [0.15, 0.2) is 87.1 Å². The number of halogens is 1. The molecule has 0 N–H and O–H groups in total. The second-order valence-corrected chi connectivity index (χ2v) is 8.25. The van der Waals surface area contributed by atoms with Gasteiger partial charge in [-0.2, -0.15) is 9.78 Å². The van der Waals surface area contributed by atoms with Crippen molar-refractivity contribution >= 4 is 39.7 Å². The quantitative estimate of drug-likeness (QED) is 0.297. The topological polar surface area (TPSA) is 69.6 Å². The fraction of sp³-hybridized carbons (Fsp3) is 0.115. The van der Waals surface area contributed by atoms with Gasteiger partial charge in [0.1, 0.15) is 11.3 Å². The molecule has 164 valence electrons. The minimum absolute atomic E-state index is 0.0329. The standard InChI is InChI=1S/C26H20ClN3O3/c1-16(2)32-23-12-11-19(27)13-18(23)15-28-30-25(24-14-17-7-3-6-10-22(17)33-24)29-21-9-5-4-8-20(21)26(30)31/h3-16H,1-2H3. The van der Waals surface area contributed by atoms with Crippen molar-refractivity contribution in [1.82, 2.24) is 9.66 Å². The van der Waals surface area contributed by atoms with Crippen molar-refractivity contribution in [3.63, 3.8) is 0 Å². The molecule has 0 saturated carbocycles. The van der Waals surface area contributed by atoms with Gasteiger partial charge in [-0.05, 0) is 56.3 Å². The Morgan fingerprint density at radius 1 is 1.06 bits per heavy atom. The molecule has 33 heavy (non-hydrogen) atoms. The average Bonchev–Trinajstić information content (AvgIpc) is 3.24. The summed E-state index contributed by atoms with van der Waals surface area (Å²) in [6.45, 7) is 3.87. The molecule has 2 heterocycles. The van der Waals surface area contributed by atoms with Gasteiger partial charge in [0.05, 0.1) is 23.2 Å². The van der Waals surface area contributed by atoms with Crippen molar-refractivity contribution in [2.24, 2.45) is 5.10 Å². The molecule has 0 amide bonds. The highest BCUT2D eigenvalue weighted by Gasteiger charge is 2.16. The van der Waals surface area contributed by atoms with Crippen molar-refractivity contribution < 1.29 is 9.15 Å². The number of fused-ring (bicyclic) bond motifs is 2. The highest BCUT2D eigenvalue weighted by molar-refractivity contribution is 6.30. The zero-order valence-electron chi connectivity index (χ0n) is 18.0. The molecule has 7 heteroatoms. The van der Waals surface area contributed by atoms with Crippen LogP contribution in [0.1, 0.15) is 19.4 Å². The lowest BCUT2D eigenvalue weighted by molar-refractivity contribution is 0.242. The van der Waals surface area contributed by atoms with Crippen molar-refractivity contribution in [3.05, 3.63) is 93.7 Å². The van der Waals surface area contributed by atoms with Gasteiger partial charge in [0.2, 0.25) is 5.82 Å². The number of benzene rings is 3. The largest absolute Gasteiger partial charge is 0.490 e. The number of furan rings is 1. The Kier molecular flexibility index (Phi) is 5.44. The third-order valence-corrected chi connectivity index (χ3v) is 5.28. The van der Waals surface area contributed by atoms with Crippen LogP contribution in [-0.2, 0) is 0 Å². The van der Waals surface area contributed by atoms with Crippen LogP contribution in [-0.4, -0.2) is 22.0 Å². The van der Waals surface area contributed by atoms with Gasteiger partial charge in [-0.15, -0.1) is 0 Å². The molecule has 0 bridgehead atoms. The summed E-state index contributed by atoms with van der Waals surface area (Å²) in [5.41, 5.74) is 1.61. The first-order valence-corrected chi connectivity index (χ1v) is 10.9. The first-order valence-electron chi connectivity index (χ1n) is 10.5. The van der Waals surface area contributed by atoms with Crippen LogP contribution in [0.2, 0.25) is 5.02 Å². The van der Waals surface area contributed by atoms with E-state index in [0.29, 0.717) is 44.4 Å². The summed E-state index contributed by atoms with van der Waals surface area (Å²) in [5, 5.41) is 6.40. The van der Waals surface area contributed by atoms with E-state index in [-0.39, 0.29) is 11.7 Å². The fourth-order valence-electron chi connectivity index (χ4n) is 3.58. The molecule has 0 spiro atoms. The van der Waals surface area contributed by atoms with E-state index in [1.807, 2.05) is 50.2 Å². The predicted molar refractivity (Wildman–Crippen MR) is 131 cm³/mol. The number of rotatable bonds is 5. The summed E-state index contributed by atoms with van der Waals surface area (Å²) in [5.74, 6) is 1.37. The van der Waals surface area contributed by atoms with Crippen LogP contribution < -0.4 is 10.3 Å². The Morgan fingerprint density at radius 2 is 1.85 bits per heavy atom. The van der Waals surface area contributed by atoms with Crippen LogP contribution in [0.3, 0.4) is 0 Å². The van der Waals surface area contributed by atoms with Gasteiger partial charge in [-0.1, -0.05) is 41.9 Å². The number of ether oxygens (including phenoxy) is 1. The Balaban J connectivity index is 1.71. The van der Waals surface area contributed by atoms with Gasteiger partial charge in [0.25, 0.3) is 5.56 Å². The summed E-state index contributed by atoms with van der Waals surface area (Å²) in [6.07, 6.45) is 1.52. The number of para-hydroxylation sites is 2. The van der Waals surface area contributed by atoms with Crippen LogP contribution in [0, 0.1) is 0 Å². The Hall–Kier alpha value is -3.90. The van der Waals surface area contributed by atoms with Crippen LogP contribution in [0.5, 0.6) is 5.75 Å². The number of hydrogen-bond acceptors (Lipinski definition) is 5. The van der Waals surface area contributed by atoms with Gasteiger partial charge < -0.3 is 9.15 Å². The molecule has 0 unspecified atom stereocenters. The number of hydrogen-bond donors (Lipinski definition) is 0. The highest BCUT2D eigenvalue weighted by atomic mass is 35.5. The Bertz CT molecular complexity index is 1530. The van der Waals surface area contributed by atoms with Crippen molar-refractivity contribution in [1.29, 1.82) is 0 Å². The van der Waals surface area contributed by atoms with E-state index < -0.39 is 0 Å². The lowest BCUT2D eigenvalue weighted by Crippen LogP contribution is -2.20. The first-order chi connectivity index (χ1) is 16.0. The molecule has 3 aromatic carbocycles. The molecule has 0 radical (unpaired) electrons. The molecule has 2 aromatic heterocycles. The maximum Gasteiger partial charge on any atom is 0.282 e. The predicted octanol–water partition coefficient (Wildman–Crippen LogP) is 6.13. The highest BCUT2D eigenvalue weighted by Crippen LogP contribution is 2.27. The molecule has 0 aliphatic carbocycles. The molecule has 0 fully saturated rings. The maximum atomic E-state index is 13.4. The summed E-state index contributed by atoms with van der Waals surface area (Å²) >= 11 is 6.20. The van der Waals surface area contributed by atoms with Gasteiger partial charge in [0, 0.05) is 16.0 Å². The molecule has 0 aliphatic rings. The molecule has 0 saturated heterocycles. The molecule has 5 aromatic rings. The monoisotopic (exact) mass is 457 g/mol. The molecule has 5 rings (SSSR count). The fourth-order valence-corrected chi connectivity index (χ4v) is 3.76.